The second-order valence-electron chi connectivity index (χ2n) is 3.95. The van der Waals surface area contributed by atoms with Gasteiger partial charge in [0, 0.05) is 13.1 Å². The van der Waals surface area contributed by atoms with Crippen molar-refractivity contribution in [1.29, 1.82) is 0 Å². The van der Waals surface area contributed by atoms with Gasteiger partial charge in [-0.25, -0.2) is 4.39 Å². The van der Waals surface area contributed by atoms with Crippen LogP contribution in [0.1, 0.15) is 12.5 Å². The van der Waals surface area contributed by atoms with Gasteiger partial charge in [-0.15, -0.1) is 0 Å². The summed E-state index contributed by atoms with van der Waals surface area (Å²) in [7, 11) is 1.92. The zero-order valence-corrected chi connectivity index (χ0v) is 9.28. The smallest absolute Gasteiger partial charge is 0.126 e. The molecule has 1 aromatic rings. The Balaban J connectivity index is 2.40. The fourth-order valence-corrected chi connectivity index (χ4v) is 1.55. The summed E-state index contributed by atoms with van der Waals surface area (Å²) in [5.41, 5.74) is 0.731. The summed E-state index contributed by atoms with van der Waals surface area (Å²) in [5, 5.41) is 9.16. The summed E-state index contributed by atoms with van der Waals surface area (Å²) >= 11 is 0. The van der Waals surface area contributed by atoms with E-state index in [9.17, 15) is 4.39 Å². The molecule has 0 heterocycles. The first-order valence-electron chi connectivity index (χ1n) is 5.19. The van der Waals surface area contributed by atoms with E-state index in [1.807, 2.05) is 18.0 Å². The lowest BCUT2D eigenvalue weighted by Gasteiger charge is -2.18. The van der Waals surface area contributed by atoms with E-state index in [0.29, 0.717) is 13.0 Å². The van der Waals surface area contributed by atoms with Crippen molar-refractivity contribution in [2.24, 2.45) is 0 Å². The Morgan fingerprint density at radius 1 is 1.40 bits per heavy atom. The van der Waals surface area contributed by atoms with Crippen molar-refractivity contribution >= 4 is 0 Å². The van der Waals surface area contributed by atoms with E-state index in [-0.39, 0.29) is 11.9 Å². The van der Waals surface area contributed by atoms with Crippen LogP contribution in [0.4, 0.5) is 4.39 Å². The highest BCUT2D eigenvalue weighted by atomic mass is 19.1. The molecule has 0 saturated carbocycles. The summed E-state index contributed by atoms with van der Waals surface area (Å²) in [6.45, 7) is 3.12. The molecule has 0 aromatic heterocycles. The summed E-state index contributed by atoms with van der Waals surface area (Å²) < 4.78 is 13.2. The molecule has 0 saturated heterocycles. The van der Waals surface area contributed by atoms with Gasteiger partial charge in [0.05, 0.1) is 6.10 Å². The normalized spacial score (nSPS) is 13.1. The zero-order valence-electron chi connectivity index (χ0n) is 9.28. The number of aliphatic hydroxyl groups excluding tert-OH is 1. The lowest BCUT2D eigenvalue weighted by molar-refractivity contribution is 0.142. The second kappa shape index (κ2) is 5.83. The molecule has 0 aliphatic rings. The molecule has 1 aromatic carbocycles. The third-order valence-electron chi connectivity index (χ3n) is 2.30. The topological polar surface area (TPSA) is 23.5 Å². The molecular weight excluding hydrogens is 193 g/mol. The number of likely N-dealkylation sites (N-methyl/N-ethyl adjacent to an activating group) is 1. The highest BCUT2D eigenvalue weighted by Gasteiger charge is 2.05. The molecule has 1 N–H and O–H groups in total. The third kappa shape index (κ3) is 4.40. The van der Waals surface area contributed by atoms with Crippen LogP contribution in [0, 0.1) is 5.82 Å². The highest BCUT2D eigenvalue weighted by molar-refractivity contribution is 5.17. The SMILES string of the molecule is CC(O)CN(C)CCc1ccccc1F. The van der Waals surface area contributed by atoms with E-state index in [1.165, 1.54) is 6.07 Å². The van der Waals surface area contributed by atoms with Gasteiger partial charge >= 0.3 is 0 Å². The Kier molecular flexibility index (Phi) is 4.72. The molecule has 1 atom stereocenters. The van der Waals surface area contributed by atoms with Crippen LogP contribution in [0.2, 0.25) is 0 Å². The minimum absolute atomic E-state index is 0.150. The average molecular weight is 211 g/mol. The van der Waals surface area contributed by atoms with Gasteiger partial charge in [-0.1, -0.05) is 18.2 Å². The van der Waals surface area contributed by atoms with E-state index >= 15 is 0 Å². The minimum Gasteiger partial charge on any atom is -0.392 e. The van der Waals surface area contributed by atoms with E-state index in [1.54, 1.807) is 19.1 Å². The number of rotatable bonds is 5. The van der Waals surface area contributed by atoms with Crippen molar-refractivity contribution < 1.29 is 9.50 Å². The van der Waals surface area contributed by atoms with E-state index in [0.717, 1.165) is 12.1 Å². The first-order chi connectivity index (χ1) is 7.09. The molecule has 3 heteroatoms. The quantitative estimate of drug-likeness (QED) is 0.801. The van der Waals surface area contributed by atoms with Crippen LogP contribution >= 0.6 is 0 Å². The van der Waals surface area contributed by atoms with Gasteiger partial charge in [0.15, 0.2) is 0 Å². The van der Waals surface area contributed by atoms with Crippen molar-refractivity contribution in [1.82, 2.24) is 4.90 Å². The van der Waals surface area contributed by atoms with Gasteiger partial charge in [-0.05, 0) is 32.0 Å². The van der Waals surface area contributed by atoms with Crippen molar-refractivity contribution in [2.45, 2.75) is 19.4 Å². The summed E-state index contributed by atoms with van der Waals surface area (Å²) in [4.78, 5) is 2.00. The third-order valence-corrected chi connectivity index (χ3v) is 2.30. The molecule has 0 aliphatic carbocycles. The largest absolute Gasteiger partial charge is 0.392 e. The Morgan fingerprint density at radius 3 is 2.67 bits per heavy atom. The van der Waals surface area contributed by atoms with Gasteiger partial charge in [-0.2, -0.15) is 0 Å². The van der Waals surface area contributed by atoms with Crippen LogP contribution < -0.4 is 0 Å². The Bertz CT molecular complexity index is 301. The molecule has 0 aliphatic heterocycles. The number of halogens is 1. The fraction of sp³-hybridized carbons (Fsp3) is 0.500. The van der Waals surface area contributed by atoms with E-state index < -0.39 is 0 Å². The first kappa shape index (κ1) is 12.1. The predicted molar refractivity (Wildman–Crippen MR) is 59.3 cm³/mol. The Hall–Kier alpha value is -0.930. The van der Waals surface area contributed by atoms with Crippen molar-refractivity contribution in [3.05, 3.63) is 35.6 Å². The molecule has 84 valence electrons. The zero-order chi connectivity index (χ0) is 11.3. The second-order valence-corrected chi connectivity index (χ2v) is 3.95. The number of hydrogen-bond acceptors (Lipinski definition) is 2. The monoisotopic (exact) mass is 211 g/mol. The molecule has 15 heavy (non-hydrogen) atoms. The van der Waals surface area contributed by atoms with Crippen LogP contribution in [0.5, 0.6) is 0 Å². The first-order valence-corrected chi connectivity index (χ1v) is 5.19. The number of aliphatic hydroxyl groups is 1. The predicted octanol–water partition coefficient (Wildman–Crippen LogP) is 1.68. The maximum absolute atomic E-state index is 13.2. The van der Waals surface area contributed by atoms with E-state index in [2.05, 4.69) is 0 Å². The van der Waals surface area contributed by atoms with Gasteiger partial charge < -0.3 is 10.0 Å². The molecule has 0 radical (unpaired) electrons. The van der Waals surface area contributed by atoms with Gasteiger partial charge in [0.2, 0.25) is 0 Å². The van der Waals surface area contributed by atoms with E-state index in [4.69, 9.17) is 5.11 Å². The van der Waals surface area contributed by atoms with Gasteiger partial charge in [0.1, 0.15) is 5.82 Å². The molecular formula is C12H18FNO. The Labute approximate surface area is 90.3 Å². The number of benzene rings is 1. The van der Waals surface area contributed by atoms with Crippen LogP contribution in [-0.4, -0.2) is 36.2 Å². The molecule has 1 unspecified atom stereocenters. The van der Waals surface area contributed by atoms with Crippen molar-refractivity contribution in [3.8, 4) is 0 Å². The number of nitrogens with zero attached hydrogens (tertiary/aromatic N) is 1. The molecule has 1 rings (SSSR count). The molecule has 0 bridgehead atoms. The van der Waals surface area contributed by atoms with Crippen LogP contribution in [0.15, 0.2) is 24.3 Å². The molecule has 0 fully saturated rings. The molecule has 0 amide bonds. The fourth-order valence-electron chi connectivity index (χ4n) is 1.55. The van der Waals surface area contributed by atoms with Crippen LogP contribution in [-0.2, 0) is 6.42 Å². The van der Waals surface area contributed by atoms with Crippen molar-refractivity contribution in [2.75, 3.05) is 20.1 Å². The summed E-state index contributed by atoms with van der Waals surface area (Å²) in [6, 6.07) is 6.81. The Morgan fingerprint density at radius 2 is 2.07 bits per heavy atom. The maximum atomic E-state index is 13.2. The average Bonchev–Trinajstić information content (AvgIpc) is 2.15. The highest BCUT2D eigenvalue weighted by Crippen LogP contribution is 2.07. The molecule has 0 spiro atoms. The standard InChI is InChI=1S/C12H18FNO/c1-10(15)9-14(2)8-7-11-5-3-4-6-12(11)13/h3-6,10,15H,7-9H2,1-2H3. The maximum Gasteiger partial charge on any atom is 0.126 e. The van der Waals surface area contributed by atoms with Gasteiger partial charge in [-0.3, -0.25) is 0 Å². The summed E-state index contributed by atoms with van der Waals surface area (Å²) in [5.74, 6) is -0.150. The molecule has 2 nitrogen and oxygen atoms in total. The van der Waals surface area contributed by atoms with Crippen molar-refractivity contribution in [3.63, 3.8) is 0 Å². The van der Waals surface area contributed by atoms with Crippen LogP contribution in [0.3, 0.4) is 0 Å². The summed E-state index contributed by atoms with van der Waals surface area (Å²) in [6.07, 6.45) is 0.339. The van der Waals surface area contributed by atoms with Crippen LogP contribution in [0.25, 0.3) is 0 Å². The lowest BCUT2D eigenvalue weighted by Crippen LogP contribution is -2.29. The minimum atomic E-state index is -0.337. The van der Waals surface area contributed by atoms with Gasteiger partial charge in [0.25, 0.3) is 0 Å². The lowest BCUT2D eigenvalue weighted by atomic mass is 10.1. The number of hydrogen-bond donors (Lipinski definition) is 1.